The van der Waals surface area contributed by atoms with Gasteiger partial charge in [-0.3, -0.25) is 14.4 Å². The van der Waals surface area contributed by atoms with E-state index >= 15 is 0 Å². The summed E-state index contributed by atoms with van der Waals surface area (Å²) in [6.45, 7) is 4.20. The Morgan fingerprint density at radius 1 is 0.926 bits per heavy atom. The van der Waals surface area contributed by atoms with Gasteiger partial charge in [-0.1, -0.05) is 93.1 Å². The van der Waals surface area contributed by atoms with E-state index in [9.17, 15) is 29.4 Å². The van der Waals surface area contributed by atoms with Gasteiger partial charge in [-0.15, -0.1) is 0 Å². The minimum absolute atomic E-state index is 0.0556. The van der Waals surface area contributed by atoms with Crippen molar-refractivity contribution in [2.24, 2.45) is 11.3 Å². The van der Waals surface area contributed by atoms with Gasteiger partial charge in [0.1, 0.15) is 11.5 Å². The number of methoxy groups -OCH3 is 1. The number of carbonyl (C=O) groups excluding carboxylic acids is 2. The Labute approximate surface area is 323 Å². The number of unbranched alkanes of at least 4 members (excludes halogenated alkanes) is 4. The molecule has 12 nitrogen and oxygen atoms in total. The molecular formula is C41H55ClN4O8. The summed E-state index contributed by atoms with van der Waals surface area (Å²) in [6.07, 6.45) is 9.21. The Morgan fingerprint density at radius 2 is 1.61 bits per heavy atom. The Morgan fingerprint density at radius 3 is 2.26 bits per heavy atom. The smallest absolute Gasteiger partial charge is 0.336 e. The van der Waals surface area contributed by atoms with Crippen LogP contribution in [0.4, 0.5) is 0 Å². The molecule has 1 atom stereocenters. The normalized spacial score (nSPS) is 14.1. The third-order valence-electron chi connectivity index (χ3n) is 10.2. The number of benzene rings is 2. The standard InChI is InChI=1S/C41H55ClN4O8/c1-3-4-15-34-45-36(42)35(46(34)27-29-16-18-30(19-17-29)32-13-7-8-14-33(32)39(50)51)37(47)43-22-11-5-6-12-23-44-40(52)41(20-9-10-21-41)26-31(38(48)49)28-54-25-24-53-2/h7-8,13-14,16-19,31H,3-6,9-12,15,20-28H2,1-2H3,(H,43,47)(H,44,52)(H,48,49)(H,50,51). The van der Waals surface area contributed by atoms with Crippen molar-refractivity contribution in [1.29, 1.82) is 0 Å². The third kappa shape index (κ3) is 11.9. The summed E-state index contributed by atoms with van der Waals surface area (Å²) in [6, 6.07) is 14.5. The Bertz CT molecular complexity index is 1690. The van der Waals surface area contributed by atoms with Crippen LogP contribution < -0.4 is 10.6 Å². The zero-order valence-electron chi connectivity index (χ0n) is 31.5. The molecule has 1 saturated carbocycles. The third-order valence-corrected chi connectivity index (χ3v) is 10.5. The van der Waals surface area contributed by atoms with Crippen molar-refractivity contribution >= 4 is 35.4 Å². The summed E-state index contributed by atoms with van der Waals surface area (Å²) in [5.41, 5.74) is 2.21. The highest BCUT2D eigenvalue weighted by molar-refractivity contribution is 6.32. The van der Waals surface area contributed by atoms with Crippen molar-refractivity contribution in [3.63, 3.8) is 0 Å². The number of aromatic carboxylic acids is 1. The van der Waals surface area contributed by atoms with Gasteiger partial charge in [0.15, 0.2) is 5.15 Å². The van der Waals surface area contributed by atoms with Gasteiger partial charge in [-0.2, -0.15) is 0 Å². The van der Waals surface area contributed by atoms with E-state index < -0.39 is 23.3 Å². The lowest BCUT2D eigenvalue weighted by Gasteiger charge is -2.30. The molecule has 4 rings (SSSR count). The lowest BCUT2D eigenvalue weighted by Crippen LogP contribution is -2.42. The van der Waals surface area contributed by atoms with Gasteiger partial charge in [0.25, 0.3) is 5.91 Å². The Balaban J connectivity index is 1.26. The van der Waals surface area contributed by atoms with Crippen molar-refractivity contribution < 1.29 is 38.9 Å². The molecule has 0 saturated heterocycles. The predicted molar refractivity (Wildman–Crippen MR) is 207 cm³/mol. The highest BCUT2D eigenvalue weighted by Crippen LogP contribution is 2.43. The minimum Gasteiger partial charge on any atom is -0.481 e. The van der Waals surface area contributed by atoms with Crippen LogP contribution in [0, 0.1) is 11.3 Å². The van der Waals surface area contributed by atoms with E-state index in [1.54, 1.807) is 25.3 Å². The van der Waals surface area contributed by atoms with Crippen molar-refractivity contribution in [3.05, 3.63) is 76.3 Å². The zero-order chi connectivity index (χ0) is 38.9. The van der Waals surface area contributed by atoms with Crippen LogP contribution in [0.5, 0.6) is 0 Å². The first kappa shape index (κ1) is 42.5. The van der Waals surface area contributed by atoms with Gasteiger partial charge in [0, 0.05) is 33.2 Å². The van der Waals surface area contributed by atoms with Crippen LogP contribution in [0.2, 0.25) is 5.15 Å². The number of aliphatic carboxylic acids is 1. The minimum atomic E-state index is -0.985. The van der Waals surface area contributed by atoms with E-state index in [1.165, 1.54) is 0 Å². The number of carboxylic acid groups (broad SMARTS) is 2. The van der Waals surface area contributed by atoms with Crippen LogP contribution in [0.3, 0.4) is 0 Å². The lowest BCUT2D eigenvalue weighted by molar-refractivity contribution is -0.147. The number of aromatic nitrogens is 2. The number of rotatable bonds is 24. The summed E-state index contributed by atoms with van der Waals surface area (Å²) in [5.74, 6) is -2.31. The number of nitrogens with one attached hydrogen (secondary N) is 2. The SMILES string of the molecule is CCCCc1nc(Cl)c(C(=O)NCCCCCCNC(=O)C2(CC(COCCOC)C(=O)O)CCCC2)n1Cc1ccc(-c2ccccc2C(=O)O)cc1. The molecular weight excluding hydrogens is 712 g/mol. The zero-order valence-corrected chi connectivity index (χ0v) is 32.3. The van der Waals surface area contributed by atoms with E-state index in [0.717, 1.165) is 68.3 Å². The maximum atomic E-state index is 13.5. The summed E-state index contributed by atoms with van der Waals surface area (Å²) < 4.78 is 12.4. The van der Waals surface area contributed by atoms with Gasteiger partial charge in [-0.05, 0) is 61.3 Å². The maximum Gasteiger partial charge on any atom is 0.336 e. The van der Waals surface area contributed by atoms with Crippen LogP contribution in [0.1, 0.15) is 110 Å². The average molecular weight is 767 g/mol. The molecule has 0 bridgehead atoms. The first-order chi connectivity index (χ1) is 26.1. The highest BCUT2D eigenvalue weighted by Gasteiger charge is 2.44. The van der Waals surface area contributed by atoms with Crippen molar-refractivity contribution in [2.45, 2.75) is 90.5 Å². The number of halogens is 1. The molecule has 2 aromatic carbocycles. The molecule has 1 unspecified atom stereocenters. The van der Waals surface area contributed by atoms with Crippen LogP contribution in [-0.2, 0) is 32.0 Å². The van der Waals surface area contributed by atoms with Gasteiger partial charge < -0.3 is 34.9 Å². The molecule has 54 heavy (non-hydrogen) atoms. The van der Waals surface area contributed by atoms with E-state index in [-0.39, 0.29) is 35.6 Å². The quantitative estimate of drug-likeness (QED) is 0.0701. The van der Waals surface area contributed by atoms with E-state index in [2.05, 4.69) is 22.5 Å². The Hall–Kier alpha value is -4.26. The largest absolute Gasteiger partial charge is 0.481 e. The van der Waals surface area contributed by atoms with Gasteiger partial charge in [-0.25, -0.2) is 9.78 Å². The number of aryl methyl sites for hydroxylation is 1. The van der Waals surface area contributed by atoms with Crippen LogP contribution in [0.25, 0.3) is 11.1 Å². The van der Waals surface area contributed by atoms with Gasteiger partial charge in [0.05, 0.1) is 36.7 Å². The number of hydrogen-bond acceptors (Lipinski definition) is 7. The molecule has 1 heterocycles. The number of carbonyl (C=O) groups is 4. The monoisotopic (exact) mass is 766 g/mol. The molecule has 294 valence electrons. The molecule has 4 N–H and O–H groups in total. The molecule has 2 amide bonds. The molecule has 1 aromatic heterocycles. The fraction of sp³-hybridized carbons (Fsp3) is 0.537. The van der Waals surface area contributed by atoms with Gasteiger partial charge >= 0.3 is 11.9 Å². The van der Waals surface area contributed by atoms with Crippen molar-refractivity contribution in [1.82, 2.24) is 20.2 Å². The Kier molecular flexibility index (Phi) is 17.0. The average Bonchev–Trinajstić information content (AvgIpc) is 3.77. The summed E-state index contributed by atoms with van der Waals surface area (Å²) in [7, 11) is 1.56. The molecule has 1 aliphatic carbocycles. The second kappa shape index (κ2) is 21.6. The van der Waals surface area contributed by atoms with E-state index in [4.69, 9.17) is 21.1 Å². The van der Waals surface area contributed by atoms with E-state index in [0.29, 0.717) is 63.4 Å². The molecule has 1 fully saturated rings. The van der Waals surface area contributed by atoms with Crippen molar-refractivity contribution in [3.8, 4) is 11.1 Å². The number of amides is 2. The van der Waals surface area contributed by atoms with E-state index in [1.807, 2.05) is 34.9 Å². The predicted octanol–water partition coefficient (Wildman–Crippen LogP) is 7.01. The molecule has 0 aliphatic heterocycles. The highest BCUT2D eigenvalue weighted by atomic mass is 35.5. The molecule has 3 aromatic rings. The number of nitrogens with zero attached hydrogens (tertiary/aromatic N) is 2. The van der Waals surface area contributed by atoms with Crippen LogP contribution in [-0.4, -0.2) is 83.5 Å². The molecule has 13 heteroatoms. The van der Waals surface area contributed by atoms with Crippen LogP contribution >= 0.6 is 11.6 Å². The maximum absolute atomic E-state index is 13.5. The molecule has 0 radical (unpaired) electrons. The number of imidazole rings is 1. The lowest BCUT2D eigenvalue weighted by atomic mass is 9.77. The molecule has 1 aliphatic rings. The number of hydrogen-bond donors (Lipinski definition) is 4. The first-order valence-corrected chi connectivity index (χ1v) is 19.5. The fourth-order valence-electron chi connectivity index (χ4n) is 7.18. The fourth-order valence-corrected chi connectivity index (χ4v) is 7.47. The van der Waals surface area contributed by atoms with Gasteiger partial charge in [0.2, 0.25) is 5.91 Å². The number of ether oxygens (including phenoxy) is 2. The summed E-state index contributed by atoms with van der Waals surface area (Å²) >= 11 is 6.58. The summed E-state index contributed by atoms with van der Waals surface area (Å²) in [4.78, 5) is 55.1. The number of carboxylic acids is 2. The second-order valence-electron chi connectivity index (χ2n) is 14.1. The topological polar surface area (TPSA) is 169 Å². The summed E-state index contributed by atoms with van der Waals surface area (Å²) in [5, 5.41) is 25.7. The van der Waals surface area contributed by atoms with Crippen molar-refractivity contribution in [2.75, 3.05) is 40.0 Å². The first-order valence-electron chi connectivity index (χ1n) is 19.1. The molecule has 0 spiro atoms. The van der Waals surface area contributed by atoms with Crippen LogP contribution in [0.15, 0.2) is 48.5 Å². The second-order valence-corrected chi connectivity index (χ2v) is 14.5.